The van der Waals surface area contributed by atoms with Crippen molar-refractivity contribution in [3.05, 3.63) is 59.1 Å². The highest BCUT2D eigenvalue weighted by atomic mass is 32.2. The summed E-state index contributed by atoms with van der Waals surface area (Å²) in [5.41, 5.74) is 1.73. The van der Waals surface area contributed by atoms with Gasteiger partial charge in [0.25, 0.3) is 5.91 Å². The molecule has 0 N–H and O–H groups in total. The Labute approximate surface area is 196 Å². The maximum absolute atomic E-state index is 13.3. The van der Waals surface area contributed by atoms with E-state index in [1.165, 1.54) is 16.5 Å². The van der Waals surface area contributed by atoms with Gasteiger partial charge in [0.1, 0.15) is 5.01 Å². The van der Waals surface area contributed by atoms with Gasteiger partial charge in [0.2, 0.25) is 0 Å². The molecule has 2 aromatic carbocycles. The van der Waals surface area contributed by atoms with Gasteiger partial charge < -0.3 is 4.90 Å². The number of hydrogen-bond acceptors (Lipinski definition) is 7. The fraction of sp³-hybridized carbons (Fsp3) is 0.391. The highest BCUT2D eigenvalue weighted by Gasteiger charge is 2.30. The number of carbonyl (C=O) groups excluding carboxylic acids is 1. The Hall–Kier alpha value is -1.94. The summed E-state index contributed by atoms with van der Waals surface area (Å²) >= 11 is 3.27. The summed E-state index contributed by atoms with van der Waals surface area (Å²) in [6, 6.07) is 15.8. The van der Waals surface area contributed by atoms with E-state index in [1.54, 1.807) is 11.3 Å². The molecule has 3 aromatic rings. The van der Waals surface area contributed by atoms with E-state index in [-0.39, 0.29) is 22.7 Å². The predicted octanol–water partition coefficient (Wildman–Crippen LogP) is 3.53. The minimum Gasteiger partial charge on any atom is -0.336 e. The minimum absolute atomic E-state index is 0.0274. The molecule has 3 heterocycles. The number of hydrogen-bond donors (Lipinski definition) is 0. The Morgan fingerprint density at radius 2 is 1.81 bits per heavy atom. The zero-order valence-electron chi connectivity index (χ0n) is 17.6. The van der Waals surface area contributed by atoms with Crippen LogP contribution in [0, 0.1) is 0 Å². The van der Waals surface area contributed by atoms with Gasteiger partial charge in [-0.2, -0.15) is 0 Å². The van der Waals surface area contributed by atoms with Gasteiger partial charge in [-0.1, -0.05) is 24.3 Å². The number of nitrogens with zero attached hydrogens (tertiary/aromatic N) is 3. The molecule has 5 rings (SSSR count). The van der Waals surface area contributed by atoms with E-state index in [1.807, 2.05) is 47.4 Å². The average Bonchev–Trinajstić information content (AvgIpc) is 3.35. The van der Waals surface area contributed by atoms with Crippen molar-refractivity contribution in [2.75, 3.05) is 37.7 Å². The highest BCUT2D eigenvalue weighted by molar-refractivity contribution is 8.02. The Bertz CT molecular complexity index is 1200. The summed E-state index contributed by atoms with van der Waals surface area (Å²) in [6.07, 6.45) is 0.653. The van der Waals surface area contributed by atoms with Crippen molar-refractivity contribution >= 4 is 49.1 Å². The molecule has 9 heteroatoms. The van der Waals surface area contributed by atoms with Crippen LogP contribution in [-0.2, 0) is 16.4 Å². The second kappa shape index (κ2) is 9.13. The molecule has 0 saturated carbocycles. The van der Waals surface area contributed by atoms with Crippen LogP contribution in [0.1, 0.15) is 21.8 Å². The van der Waals surface area contributed by atoms with E-state index >= 15 is 0 Å². The smallest absolute Gasteiger partial charge is 0.255 e. The van der Waals surface area contributed by atoms with Gasteiger partial charge in [-0.25, -0.2) is 13.4 Å². The Morgan fingerprint density at radius 1 is 1.06 bits per heavy atom. The molecule has 1 atom stereocenters. The first-order valence-electron chi connectivity index (χ1n) is 10.8. The minimum atomic E-state index is -2.94. The molecular weight excluding hydrogens is 462 g/mol. The largest absolute Gasteiger partial charge is 0.336 e. The number of thiazole rings is 1. The van der Waals surface area contributed by atoms with Crippen LogP contribution >= 0.6 is 23.1 Å². The third kappa shape index (κ3) is 4.85. The van der Waals surface area contributed by atoms with Gasteiger partial charge in [-0.05, 0) is 30.7 Å². The third-order valence-corrected chi connectivity index (χ3v) is 10.3. The van der Waals surface area contributed by atoms with Crippen LogP contribution in [0.4, 0.5) is 0 Å². The number of thioether (sulfide) groups is 1. The van der Waals surface area contributed by atoms with Crippen LogP contribution < -0.4 is 0 Å². The van der Waals surface area contributed by atoms with Gasteiger partial charge in [-0.15, -0.1) is 23.1 Å². The maximum atomic E-state index is 13.3. The van der Waals surface area contributed by atoms with Gasteiger partial charge in [0.15, 0.2) is 9.84 Å². The lowest BCUT2D eigenvalue weighted by Crippen LogP contribution is -2.48. The third-order valence-electron chi connectivity index (χ3n) is 5.96. The number of amides is 1. The average molecular weight is 488 g/mol. The molecule has 0 unspecified atom stereocenters. The van der Waals surface area contributed by atoms with Crippen molar-refractivity contribution in [3.8, 4) is 0 Å². The number of rotatable bonds is 5. The molecule has 168 valence electrons. The monoisotopic (exact) mass is 487 g/mol. The number of benzene rings is 2. The quantitative estimate of drug-likeness (QED) is 0.548. The zero-order valence-corrected chi connectivity index (χ0v) is 20.1. The maximum Gasteiger partial charge on any atom is 0.255 e. The molecule has 0 aliphatic carbocycles. The van der Waals surface area contributed by atoms with Gasteiger partial charge in [0, 0.05) is 36.3 Å². The summed E-state index contributed by atoms with van der Waals surface area (Å²) in [6.45, 7) is 3.81. The normalized spacial score (nSPS) is 21.2. The number of para-hydroxylation sites is 1. The molecule has 2 aliphatic rings. The first-order chi connectivity index (χ1) is 15.5. The molecule has 2 saturated heterocycles. The van der Waals surface area contributed by atoms with E-state index in [9.17, 15) is 13.2 Å². The van der Waals surface area contributed by atoms with Crippen molar-refractivity contribution in [2.24, 2.45) is 0 Å². The van der Waals surface area contributed by atoms with Crippen molar-refractivity contribution in [1.82, 2.24) is 14.8 Å². The predicted molar refractivity (Wildman–Crippen MR) is 130 cm³/mol. The first kappa shape index (κ1) is 21.9. The Balaban J connectivity index is 1.21. The van der Waals surface area contributed by atoms with Crippen molar-refractivity contribution in [2.45, 2.75) is 23.1 Å². The SMILES string of the molecule is O=C(c1ccccc1S[C@H]1CCS(=O)(=O)C1)N1CCN(Cc2nc3ccccc3s2)CC1. The summed E-state index contributed by atoms with van der Waals surface area (Å²) in [5.74, 6) is 0.482. The van der Waals surface area contributed by atoms with Crippen molar-refractivity contribution in [1.29, 1.82) is 0 Å². The second-order valence-corrected chi connectivity index (χ2v) is 13.0. The molecule has 1 aromatic heterocycles. The molecule has 0 radical (unpaired) electrons. The Morgan fingerprint density at radius 3 is 2.56 bits per heavy atom. The molecular formula is C23H25N3O3S3. The number of piperazine rings is 1. The fourth-order valence-electron chi connectivity index (χ4n) is 4.24. The molecule has 2 fully saturated rings. The number of aromatic nitrogens is 1. The van der Waals surface area contributed by atoms with E-state index in [4.69, 9.17) is 4.98 Å². The molecule has 0 spiro atoms. The van der Waals surface area contributed by atoms with Crippen LogP contribution in [0.5, 0.6) is 0 Å². The second-order valence-electron chi connectivity index (χ2n) is 8.28. The number of sulfone groups is 1. The molecule has 1 amide bonds. The van der Waals surface area contributed by atoms with Crippen molar-refractivity contribution in [3.63, 3.8) is 0 Å². The zero-order chi connectivity index (χ0) is 22.1. The molecule has 2 aliphatic heterocycles. The van der Waals surface area contributed by atoms with Gasteiger partial charge in [-0.3, -0.25) is 9.69 Å². The van der Waals surface area contributed by atoms with Gasteiger partial charge >= 0.3 is 0 Å². The van der Waals surface area contributed by atoms with E-state index in [0.717, 1.165) is 35.1 Å². The molecule has 0 bridgehead atoms. The topological polar surface area (TPSA) is 70.6 Å². The lowest BCUT2D eigenvalue weighted by Gasteiger charge is -2.34. The molecule has 6 nitrogen and oxygen atoms in total. The summed E-state index contributed by atoms with van der Waals surface area (Å²) in [5, 5.41) is 1.14. The van der Waals surface area contributed by atoms with E-state index in [0.29, 0.717) is 25.1 Å². The lowest BCUT2D eigenvalue weighted by atomic mass is 10.2. The summed E-state index contributed by atoms with van der Waals surface area (Å²) in [4.78, 5) is 23.2. The standard InChI is InChI=1S/C23H25N3O3S3/c27-23(18-5-1-3-7-20(18)30-17-9-14-32(28,29)16-17)26-12-10-25(11-13-26)15-22-24-19-6-2-4-8-21(19)31-22/h1-8,17H,9-16H2/t17-/m0/s1. The van der Waals surface area contributed by atoms with Crippen LogP contribution in [0.3, 0.4) is 0 Å². The van der Waals surface area contributed by atoms with Crippen LogP contribution in [0.25, 0.3) is 10.2 Å². The fourth-order valence-corrected chi connectivity index (χ4v) is 8.87. The van der Waals surface area contributed by atoms with Crippen LogP contribution in [0.2, 0.25) is 0 Å². The highest BCUT2D eigenvalue weighted by Crippen LogP contribution is 2.33. The molecule has 32 heavy (non-hydrogen) atoms. The van der Waals surface area contributed by atoms with E-state index in [2.05, 4.69) is 11.0 Å². The number of fused-ring (bicyclic) bond motifs is 1. The number of carbonyl (C=O) groups is 1. The van der Waals surface area contributed by atoms with E-state index < -0.39 is 9.84 Å². The lowest BCUT2D eigenvalue weighted by molar-refractivity contribution is 0.0625. The van der Waals surface area contributed by atoms with Crippen LogP contribution in [-0.4, -0.2) is 72.0 Å². The summed E-state index contributed by atoms with van der Waals surface area (Å²) < 4.78 is 24.8. The van der Waals surface area contributed by atoms with Gasteiger partial charge in [0.05, 0.1) is 33.8 Å². The first-order valence-corrected chi connectivity index (χ1v) is 14.3. The summed E-state index contributed by atoms with van der Waals surface area (Å²) in [7, 11) is -2.94. The van der Waals surface area contributed by atoms with Crippen molar-refractivity contribution < 1.29 is 13.2 Å². The Kier molecular flexibility index (Phi) is 6.24. The van der Waals surface area contributed by atoms with Crippen LogP contribution in [0.15, 0.2) is 53.4 Å².